The van der Waals surface area contributed by atoms with Crippen LogP contribution in [-0.4, -0.2) is 27.1 Å². The predicted octanol–water partition coefficient (Wildman–Crippen LogP) is 4.19. The van der Waals surface area contributed by atoms with E-state index in [1.807, 2.05) is 42.5 Å². The SMILES string of the molecule is O=C(CN(c1ccccc1)S(=O)(=O)c1ccccc1)N/N=C/c1cccc2ccccc12. The fraction of sp³-hybridized carbons (Fsp3) is 0.0400. The molecule has 32 heavy (non-hydrogen) atoms. The Morgan fingerprint density at radius 2 is 1.44 bits per heavy atom. The molecule has 0 heterocycles. The summed E-state index contributed by atoms with van der Waals surface area (Å²) in [4.78, 5) is 12.7. The van der Waals surface area contributed by atoms with E-state index < -0.39 is 22.5 Å². The molecule has 0 aliphatic rings. The summed E-state index contributed by atoms with van der Waals surface area (Å²) >= 11 is 0. The smallest absolute Gasteiger partial charge is 0.264 e. The summed E-state index contributed by atoms with van der Waals surface area (Å²) in [5.41, 5.74) is 3.68. The second kappa shape index (κ2) is 9.45. The number of anilines is 1. The number of benzene rings is 4. The van der Waals surface area contributed by atoms with E-state index in [-0.39, 0.29) is 4.90 Å². The predicted molar refractivity (Wildman–Crippen MR) is 127 cm³/mol. The van der Waals surface area contributed by atoms with Crippen LogP contribution < -0.4 is 9.73 Å². The third-order valence-electron chi connectivity index (χ3n) is 4.88. The third kappa shape index (κ3) is 4.68. The number of sulfonamides is 1. The zero-order valence-corrected chi connectivity index (χ0v) is 17.9. The topological polar surface area (TPSA) is 78.8 Å². The van der Waals surface area contributed by atoms with Gasteiger partial charge in [-0.2, -0.15) is 5.10 Å². The number of hydrazone groups is 1. The highest BCUT2D eigenvalue weighted by atomic mass is 32.2. The molecule has 4 aromatic carbocycles. The lowest BCUT2D eigenvalue weighted by molar-refractivity contribution is -0.119. The third-order valence-corrected chi connectivity index (χ3v) is 6.67. The van der Waals surface area contributed by atoms with Gasteiger partial charge in [-0.1, -0.05) is 78.9 Å². The molecular formula is C25H21N3O3S. The molecule has 0 saturated carbocycles. The zero-order chi connectivity index (χ0) is 22.4. The number of rotatable bonds is 7. The van der Waals surface area contributed by atoms with Gasteiger partial charge in [-0.3, -0.25) is 9.10 Å². The summed E-state index contributed by atoms with van der Waals surface area (Å²) in [6, 6.07) is 30.2. The van der Waals surface area contributed by atoms with Crippen molar-refractivity contribution >= 4 is 38.6 Å². The van der Waals surface area contributed by atoms with Crippen molar-refractivity contribution in [2.75, 3.05) is 10.8 Å². The van der Waals surface area contributed by atoms with Gasteiger partial charge in [0.1, 0.15) is 6.54 Å². The van der Waals surface area contributed by atoms with Gasteiger partial charge in [0.25, 0.3) is 15.9 Å². The van der Waals surface area contributed by atoms with Gasteiger partial charge in [0.05, 0.1) is 16.8 Å². The maximum atomic E-state index is 13.2. The van der Waals surface area contributed by atoms with Crippen LogP contribution in [-0.2, 0) is 14.8 Å². The first-order valence-corrected chi connectivity index (χ1v) is 11.4. The average molecular weight is 444 g/mol. The molecule has 1 amide bonds. The van der Waals surface area contributed by atoms with Crippen LogP contribution in [0.15, 0.2) is 113 Å². The average Bonchev–Trinajstić information content (AvgIpc) is 2.84. The lowest BCUT2D eigenvalue weighted by atomic mass is 10.1. The van der Waals surface area contributed by atoms with Gasteiger partial charge in [-0.05, 0) is 35.0 Å². The molecule has 0 aliphatic heterocycles. The molecule has 7 heteroatoms. The Morgan fingerprint density at radius 1 is 0.812 bits per heavy atom. The van der Waals surface area contributed by atoms with Crippen LogP contribution in [0.4, 0.5) is 5.69 Å². The van der Waals surface area contributed by atoms with Crippen molar-refractivity contribution in [2.24, 2.45) is 5.10 Å². The number of fused-ring (bicyclic) bond motifs is 1. The van der Waals surface area contributed by atoms with Crippen molar-refractivity contribution in [3.63, 3.8) is 0 Å². The molecule has 0 radical (unpaired) electrons. The number of carbonyl (C=O) groups excluding carboxylic acids is 1. The van der Waals surface area contributed by atoms with Crippen molar-refractivity contribution < 1.29 is 13.2 Å². The summed E-state index contributed by atoms with van der Waals surface area (Å²) < 4.78 is 27.5. The van der Waals surface area contributed by atoms with Gasteiger partial charge < -0.3 is 0 Å². The van der Waals surface area contributed by atoms with E-state index in [4.69, 9.17) is 0 Å². The highest BCUT2D eigenvalue weighted by Crippen LogP contribution is 2.23. The van der Waals surface area contributed by atoms with Crippen molar-refractivity contribution in [1.29, 1.82) is 0 Å². The molecule has 4 aromatic rings. The molecule has 160 valence electrons. The summed E-state index contributed by atoms with van der Waals surface area (Å²) in [5.74, 6) is -0.551. The fourth-order valence-corrected chi connectivity index (χ4v) is 4.77. The van der Waals surface area contributed by atoms with Gasteiger partial charge in [0.2, 0.25) is 0 Å². The summed E-state index contributed by atoms with van der Waals surface area (Å²) in [5, 5.41) is 6.11. The Hall–Kier alpha value is -3.97. The van der Waals surface area contributed by atoms with E-state index in [9.17, 15) is 13.2 Å². The molecule has 0 aromatic heterocycles. The number of nitrogens with one attached hydrogen (secondary N) is 1. The monoisotopic (exact) mass is 443 g/mol. The summed E-state index contributed by atoms with van der Waals surface area (Å²) in [7, 11) is -3.93. The standard InChI is InChI=1S/C25H21N3O3S/c29-25(27-26-18-21-12-9-11-20-10-7-8-17-24(20)21)19-28(22-13-3-1-4-14-22)32(30,31)23-15-5-2-6-16-23/h1-18H,19H2,(H,27,29)/b26-18+. The molecule has 0 aliphatic carbocycles. The minimum atomic E-state index is -3.93. The number of nitrogens with zero attached hydrogens (tertiary/aromatic N) is 2. The van der Waals surface area contributed by atoms with Gasteiger partial charge in [0.15, 0.2) is 0 Å². The highest BCUT2D eigenvalue weighted by molar-refractivity contribution is 7.92. The maximum Gasteiger partial charge on any atom is 0.264 e. The van der Waals surface area contributed by atoms with Crippen LogP contribution in [0.25, 0.3) is 10.8 Å². The Bertz CT molecular complexity index is 1350. The Labute approximate surface area is 186 Å². The summed E-state index contributed by atoms with van der Waals surface area (Å²) in [6.07, 6.45) is 1.55. The fourth-order valence-electron chi connectivity index (χ4n) is 3.33. The molecule has 4 rings (SSSR count). The first-order valence-electron chi connectivity index (χ1n) is 9.98. The second-order valence-corrected chi connectivity index (χ2v) is 8.88. The molecule has 0 atom stereocenters. The van der Waals surface area contributed by atoms with E-state index in [1.54, 1.807) is 54.7 Å². The van der Waals surface area contributed by atoms with Crippen LogP contribution >= 0.6 is 0 Å². The van der Waals surface area contributed by atoms with E-state index in [1.165, 1.54) is 12.1 Å². The van der Waals surface area contributed by atoms with Gasteiger partial charge in [-0.15, -0.1) is 0 Å². The number of hydrogen-bond donors (Lipinski definition) is 1. The lowest BCUT2D eigenvalue weighted by Gasteiger charge is -2.23. The van der Waals surface area contributed by atoms with Crippen LogP contribution in [0.1, 0.15) is 5.56 Å². The Morgan fingerprint density at radius 3 is 2.19 bits per heavy atom. The second-order valence-electron chi connectivity index (χ2n) is 7.02. The van der Waals surface area contributed by atoms with Gasteiger partial charge in [-0.25, -0.2) is 13.8 Å². The first kappa shape index (κ1) is 21.3. The van der Waals surface area contributed by atoms with Crippen LogP contribution in [0.5, 0.6) is 0 Å². The van der Waals surface area contributed by atoms with Gasteiger partial charge >= 0.3 is 0 Å². The van der Waals surface area contributed by atoms with Crippen molar-refractivity contribution in [3.05, 3.63) is 109 Å². The van der Waals surface area contributed by atoms with E-state index in [0.29, 0.717) is 5.69 Å². The van der Waals surface area contributed by atoms with Gasteiger partial charge in [0, 0.05) is 5.56 Å². The number of amides is 1. The molecule has 0 spiro atoms. The number of carbonyl (C=O) groups is 1. The normalized spacial score (nSPS) is 11.5. The molecule has 6 nitrogen and oxygen atoms in total. The van der Waals surface area contributed by atoms with E-state index in [0.717, 1.165) is 20.6 Å². The van der Waals surface area contributed by atoms with Crippen molar-refractivity contribution in [3.8, 4) is 0 Å². The molecular weight excluding hydrogens is 422 g/mol. The lowest BCUT2D eigenvalue weighted by Crippen LogP contribution is -2.39. The van der Waals surface area contributed by atoms with E-state index in [2.05, 4.69) is 10.5 Å². The molecule has 0 unspecified atom stereocenters. The Balaban J connectivity index is 1.55. The zero-order valence-electron chi connectivity index (χ0n) is 17.1. The van der Waals surface area contributed by atoms with Crippen LogP contribution in [0.3, 0.4) is 0 Å². The molecule has 1 N–H and O–H groups in total. The summed E-state index contributed by atoms with van der Waals surface area (Å²) in [6.45, 7) is -0.409. The molecule has 0 bridgehead atoms. The molecule has 0 saturated heterocycles. The molecule has 0 fully saturated rings. The van der Waals surface area contributed by atoms with Crippen LogP contribution in [0.2, 0.25) is 0 Å². The minimum absolute atomic E-state index is 0.107. The highest BCUT2D eigenvalue weighted by Gasteiger charge is 2.26. The largest absolute Gasteiger partial charge is 0.271 e. The quantitative estimate of drug-likeness (QED) is 0.344. The van der Waals surface area contributed by atoms with Crippen molar-refractivity contribution in [2.45, 2.75) is 4.90 Å². The number of hydrogen-bond acceptors (Lipinski definition) is 4. The number of para-hydroxylation sites is 1. The van der Waals surface area contributed by atoms with E-state index >= 15 is 0 Å². The van der Waals surface area contributed by atoms with Crippen molar-refractivity contribution in [1.82, 2.24) is 5.43 Å². The maximum absolute atomic E-state index is 13.2. The van der Waals surface area contributed by atoms with Crippen LogP contribution in [0, 0.1) is 0 Å². The first-order chi connectivity index (χ1) is 15.6. The minimum Gasteiger partial charge on any atom is -0.271 e. The Kier molecular flexibility index (Phi) is 6.28.